The van der Waals surface area contributed by atoms with Crippen molar-refractivity contribution in [2.45, 2.75) is 6.04 Å². The Hall–Kier alpha value is -1.37. The number of morpholine rings is 1. The van der Waals surface area contributed by atoms with Gasteiger partial charge in [-0.05, 0) is 18.2 Å². The smallest absolute Gasteiger partial charge is 0.159 e. The lowest BCUT2D eigenvalue weighted by Gasteiger charge is -2.21. The predicted molar refractivity (Wildman–Crippen MR) is 69.0 cm³/mol. The Kier molecular flexibility index (Phi) is 3.54. The van der Waals surface area contributed by atoms with E-state index in [0.29, 0.717) is 24.5 Å². The van der Waals surface area contributed by atoms with Crippen LogP contribution in [0.3, 0.4) is 0 Å². The van der Waals surface area contributed by atoms with Crippen molar-refractivity contribution >= 4 is 11.3 Å². The van der Waals surface area contributed by atoms with Crippen molar-refractivity contribution in [1.29, 1.82) is 0 Å². The van der Waals surface area contributed by atoms with Gasteiger partial charge >= 0.3 is 0 Å². The summed E-state index contributed by atoms with van der Waals surface area (Å²) in [7, 11) is 0. The molecular weight excluding hydrogens is 270 g/mol. The van der Waals surface area contributed by atoms with Gasteiger partial charge in [0.25, 0.3) is 0 Å². The van der Waals surface area contributed by atoms with Crippen LogP contribution < -0.4 is 5.32 Å². The van der Waals surface area contributed by atoms with Gasteiger partial charge in [-0.2, -0.15) is 0 Å². The molecule has 0 bridgehead atoms. The molecule has 1 aromatic carbocycles. The van der Waals surface area contributed by atoms with Crippen molar-refractivity contribution in [1.82, 2.24) is 10.3 Å². The SMILES string of the molecule is Fc1ccc(-c2csc(C3COCCN3)n2)cc1F. The maximum Gasteiger partial charge on any atom is 0.159 e. The molecule has 2 aromatic rings. The summed E-state index contributed by atoms with van der Waals surface area (Å²) in [6, 6.07) is 3.89. The Balaban J connectivity index is 1.85. The monoisotopic (exact) mass is 282 g/mol. The highest BCUT2D eigenvalue weighted by Crippen LogP contribution is 2.27. The minimum atomic E-state index is -0.855. The maximum absolute atomic E-state index is 13.2. The second-order valence-corrected chi connectivity index (χ2v) is 5.17. The summed E-state index contributed by atoms with van der Waals surface area (Å²) in [5, 5.41) is 6.06. The van der Waals surface area contributed by atoms with Gasteiger partial charge in [-0.1, -0.05) is 0 Å². The summed E-state index contributed by atoms with van der Waals surface area (Å²) in [6.45, 7) is 2.09. The van der Waals surface area contributed by atoms with Gasteiger partial charge in [0.05, 0.1) is 24.9 Å². The number of hydrogen-bond acceptors (Lipinski definition) is 4. The molecule has 1 aliphatic rings. The lowest BCUT2D eigenvalue weighted by molar-refractivity contribution is 0.0768. The fourth-order valence-electron chi connectivity index (χ4n) is 1.96. The topological polar surface area (TPSA) is 34.1 Å². The molecule has 1 fully saturated rings. The Morgan fingerprint density at radius 3 is 2.95 bits per heavy atom. The van der Waals surface area contributed by atoms with Crippen LogP contribution in [0.1, 0.15) is 11.0 Å². The van der Waals surface area contributed by atoms with Gasteiger partial charge in [-0.25, -0.2) is 13.8 Å². The molecule has 100 valence electrons. The first-order valence-corrected chi connectivity index (χ1v) is 6.84. The van der Waals surface area contributed by atoms with E-state index in [1.807, 2.05) is 5.38 Å². The third-order valence-corrected chi connectivity index (χ3v) is 3.92. The molecule has 3 nitrogen and oxygen atoms in total. The standard InChI is InChI=1S/C13H12F2N2OS/c14-9-2-1-8(5-10(9)15)12-7-19-13(17-12)11-6-18-4-3-16-11/h1-2,5,7,11,16H,3-4,6H2. The molecule has 0 saturated carbocycles. The van der Waals surface area contributed by atoms with Gasteiger partial charge < -0.3 is 10.1 Å². The average Bonchev–Trinajstić information content (AvgIpc) is 2.93. The average molecular weight is 282 g/mol. The first-order valence-electron chi connectivity index (χ1n) is 5.96. The normalized spacial score (nSPS) is 19.6. The second-order valence-electron chi connectivity index (χ2n) is 4.28. The van der Waals surface area contributed by atoms with Crippen LogP contribution in [0, 0.1) is 11.6 Å². The van der Waals surface area contributed by atoms with E-state index in [1.54, 1.807) is 0 Å². The van der Waals surface area contributed by atoms with Crippen molar-refractivity contribution in [2.24, 2.45) is 0 Å². The highest BCUT2D eigenvalue weighted by Gasteiger charge is 2.19. The van der Waals surface area contributed by atoms with Crippen LogP contribution in [0.25, 0.3) is 11.3 Å². The molecule has 1 unspecified atom stereocenters. The Morgan fingerprint density at radius 2 is 2.21 bits per heavy atom. The van der Waals surface area contributed by atoms with E-state index in [1.165, 1.54) is 23.5 Å². The highest BCUT2D eigenvalue weighted by atomic mass is 32.1. The summed E-state index contributed by atoms with van der Waals surface area (Å²) in [5.74, 6) is -1.70. The summed E-state index contributed by atoms with van der Waals surface area (Å²) in [5.41, 5.74) is 1.24. The van der Waals surface area contributed by atoms with Crippen LogP contribution in [-0.4, -0.2) is 24.7 Å². The zero-order chi connectivity index (χ0) is 13.2. The molecule has 1 aliphatic heterocycles. The second kappa shape index (κ2) is 5.32. The minimum absolute atomic E-state index is 0.0813. The third kappa shape index (κ3) is 2.65. The first-order chi connectivity index (χ1) is 9.24. The molecule has 1 atom stereocenters. The molecule has 6 heteroatoms. The predicted octanol–water partition coefficient (Wildman–Crippen LogP) is 2.75. The van der Waals surface area contributed by atoms with E-state index >= 15 is 0 Å². The number of halogens is 2. The number of nitrogens with one attached hydrogen (secondary N) is 1. The van der Waals surface area contributed by atoms with Gasteiger partial charge in [0.15, 0.2) is 11.6 Å². The van der Waals surface area contributed by atoms with Crippen molar-refractivity contribution in [2.75, 3.05) is 19.8 Å². The summed E-state index contributed by atoms with van der Waals surface area (Å²) < 4.78 is 31.5. The molecule has 1 N–H and O–H groups in total. The summed E-state index contributed by atoms with van der Waals surface area (Å²) in [6.07, 6.45) is 0. The number of benzene rings is 1. The lowest BCUT2D eigenvalue weighted by atomic mass is 10.1. The van der Waals surface area contributed by atoms with Crippen molar-refractivity contribution < 1.29 is 13.5 Å². The molecule has 1 saturated heterocycles. The molecule has 19 heavy (non-hydrogen) atoms. The van der Waals surface area contributed by atoms with Gasteiger partial charge in [0, 0.05) is 17.5 Å². The third-order valence-electron chi connectivity index (χ3n) is 2.96. The first kappa shape index (κ1) is 12.7. The van der Waals surface area contributed by atoms with E-state index in [2.05, 4.69) is 10.3 Å². The molecule has 0 aliphatic carbocycles. The van der Waals surface area contributed by atoms with Crippen LogP contribution in [0.5, 0.6) is 0 Å². The molecule has 0 radical (unpaired) electrons. The van der Waals surface area contributed by atoms with E-state index in [9.17, 15) is 8.78 Å². The van der Waals surface area contributed by atoms with Gasteiger partial charge in [0.1, 0.15) is 5.01 Å². The van der Waals surface area contributed by atoms with Crippen LogP contribution in [0.15, 0.2) is 23.6 Å². The molecular formula is C13H12F2N2OS. The van der Waals surface area contributed by atoms with E-state index < -0.39 is 11.6 Å². The number of aromatic nitrogens is 1. The maximum atomic E-state index is 13.2. The quantitative estimate of drug-likeness (QED) is 0.919. The van der Waals surface area contributed by atoms with E-state index in [0.717, 1.165) is 17.6 Å². The fraction of sp³-hybridized carbons (Fsp3) is 0.308. The number of thiazole rings is 1. The van der Waals surface area contributed by atoms with Crippen LogP contribution in [0.4, 0.5) is 8.78 Å². The highest BCUT2D eigenvalue weighted by molar-refractivity contribution is 7.10. The van der Waals surface area contributed by atoms with Gasteiger partial charge in [-0.15, -0.1) is 11.3 Å². The zero-order valence-electron chi connectivity index (χ0n) is 10.0. The van der Waals surface area contributed by atoms with E-state index in [4.69, 9.17) is 4.74 Å². The van der Waals surface area contributed by atoms with E-state index in [-0.39, 0.29) is 6.04 Å². The summed E-state index contributed by atoms with van der Waals surface area (Å²) in [4.78, 5) is 4.46. The zero-order valence-corrected chi connectivity index (χ0v) is 10.8. The van der Waals surface area contributed by atoms with Crippen molar-refractivity contribution in [3.8, 4) is 11.3 Å². The Morgan fingerprint density at radius 1 is 1.32 bits per heavy atom. The Bertz CT molecular complexity index is 582. The van der Waals surface area contributed by atoms with Gasteiger partial charge in [-0.3, -0.25) is 0 Å². The van der Waals surface area contributed by atoms with Crippen LogP contribution in [0.2, 0.25) is 0 Å². The van der Waals surface area contributed by atoms with Crippen LogP contribution >= 0.6 is 11.3 Å². The molecule has 0 spiro atoms. The molecule has 3 rings (SSSR count). The molecule has 0 amide bonds. The van der Waals surface area contributed by atoms with Crippen molar-refractivity contribution in [3.63, 3.8) is 0 Å². The lowest BCUT2D eigenvalue weighted by Crippen LogP contribution is -2.34. The summed E-state index contributed by atoms with van der Waals surface area (Å²) >= 11 is 1.49. The molecule has 2 heterocycles. The van der Waals surface area contributed by atoms with Crippen LogP contribution in [-0.2, 0) is 4.74 Å². The largest absolute Gasteiger partial charge is 0.378 e. The number of hydrogen-bond donors (Lipinski definition) is 1. The van der Waals surface area contributed by atoms with Gasteiger partial charge in [0.2, 0.25) is 0 Å². The fourth-order valence-corrected chi connectivity index (χ4v) is 2.85. The molecule has 1 aromatic heterocycles. The number of rotatable bonds is 2. The minimum Gasteiger partial charge on any atom is -0.378 e. The Labute approximate surface area is 113 Å². The van der Waals surface area contributed by atoms with Crippen molar-refractivity contribution in [3.05, 3.63) is 40.2 Å². The number of nitrogens with zero attached hydrogens (tertiary/aromatic N) is 1. The number of ether oxygens (including phenoxy) is 1.